The summed E-state index contributed by atoms with van der Waals surface area (Å²) in [5, 5.41) is 10.8. The molecule has 0 aliphatic carbocycles. The van der Waals surface area contributed by atoms with Gasteiger partial charge < -0.3 is 0 Å². The van der Waals surface area contributed by atoms with Crippen molar-refractivity contribution in [2.45, 2.75) is 72.4 Å². The van der Waals surface area contributed by atoms with E-state index in [0.717, 1.165) is 16.7 Å². The second kappa shape index (κ2) is 7.70. The number of hydrogen-bond acceptors (Lipinski definition) is 4. The molecule has 1 rings (SSSR count). The van der Waals surface area contributed by atoms with Gasteiger partial charge in [-0.2, -0.15) is 0 Å². The monoisotopic (exact) mass is 358 g/mol. The van der Waals surface area contributed by atoms with Crippen LogP contribution >= 0.6 is 7.94 Å². The average Bonchev–Trinajstić information content (AvgIpc) is 2.38. The van der Waals surface area contributed by atoms with Crippen molar-refractivity contribution >= 4 is 7.94 Å². The van der Waals surface area contributed by atoms with E-state index < -0.39 is 7.94 Å². The Labute approximate surface area is 147 Å². The minimum absolute atomic E-state index is 0.197. The Morgan fingerprint density at radius 2 is 1.25 bits per heavy atom. The van der Waals surface area contributed by atoms with Gasteiger partial charge in [0.15, 0.2) is 0 Å². The Morgan fingerprint density at radius 3 is 1.54 bits per heavy atom. The van der Waals surface area contributed by atoms with E-state index in [1.807, 2.05) is 26.0 Å². The molecule has 0 aromatic heterocycles. The number of hydrogen-bond donors (Lipinski definition) is 2. The molecule has 0 bridgehead atoms. The molecule has 0 unspecified atom stereocenters. The van der Waals surface area contributed by atoms with Gasteiger partial charge in [0.2, 0.25) is 0 Å². The van der Waals surface area contributed by atoms with Crippen LogP contribution in [0.5, 0.6) is 5.75 Å². The molecule has 24 heavy (non-hydrogen) atoms. The molecular weight excluding hydrogens is 323 g/mol. The zero-order valence-electron chi connectivity index (χ0n) is 16.5. The molecule has 5 heteroatoms. The van der Waals surface area contributed by atoms with Crippen LogP contribution in [-0.2, 0) is 26.0 Å². The molecule has 1 aromatic rings. The van der Waals surface area contributed by atoms with Crippen LogP contribution in [0.1, 0.15) is 72.1 Å². The normalized spacial score (nSPS) is 14.0. The molecule has 0 aliphatic rings. The van der Waals surface area contributed by atoms with Crippen LogP contribution in [-0.4, -0.2) is 23.2 Å². The summed E-state index contributed by atoms with van der Waals surface area (Å²) in [6.45, 7) is 17.0. The average molecular weight is 358 g/mol. The summed E-state index contributed by atoms with van der Waals surface area (Å²) >= 11 is 0. The molecule has 140 valence electrons. The molecule has 0 atom stereocenters. The maximum atomic E-state index is 10.8. The molecule has 0 saturated carbocycles. The van der Waals surface area contributed by atoms with Gasteiger partial charge in [0.05, 0.1) is 0 Å². The van der Waals surface area contributed by atoms with E-state index in [1.165, 1.54) is 0 Å². The molecule has 0 saturated heterocycles. The Kier molecular flexibility index (Phi) is 6.85. The van der Waals surface area contributed by atoms with E-state index in [9.17, 15) is 10.00 Å². The van der Waals surface area contributed by atoms with E-state index in [4.69, 9.17) is 9.05 Å². The maximum absolute atomic E-state index is 10.8. The molecular formula is C19H35O4P. The third-order valence-electron chi connectivity index (χ3n) is 3.95. The van der Waals surface area contributed by atoms with Crippen LogP contribution in [0.2, 0.25) is 0 Å². The second-order valence-electron chi connectivity index (χ2n) is 8.30. The van der Waals surface area contributed by atoms with Crippen molar-refractivity contribution in [1.29, 1.82) is 0 Å². The van der Waals surface area contributed by atoms with Crippen LogP contribution in [0.3, 0.4) is 0 Å². The summed E-state index contributed by atoms with van der Waals surface area (Å²) in [4.78, 5) is 10.8. The van der Waals surface area contributed by atoms with Gasteiger partial charge in [0.25, 0.3) is 0 Å². The quantitative estimate of drug-likeness (QED) is 0.699. The van der Waals surface area contributed by atoms with Crippen LogP contribution < -0.4 is 0 Å². The van der Waals surface area contributed by atoms with Crippen molar-refractivity contribution in [1.82, 2.24) is 0 Å². The van der Waals surface area contributed by atoms with Gasteiger partial charge in [-0.05, 0) is 0 Å². The number of phenolic OH excluding ortho intramolecular Hbond substituents is 1. The van der Waals surface area contributed by atoms with Crippen molar-refractivity contribution in [3.8, 4) is 5.75 Å². The van der Waals surface area contributed by atoms with Gasteiger partial charge in [-0.25, -0.2) is 0 Å². The summed E-state index contributed by atoms with van der Waals surface area (Å²) in [6.07, 6.45) is 0.348. The summed E-state index contributed by atoms with van der Waals surface area (Å²) < 4.78 is 11.1. The summed E-state index contributed by atoms with van der Waals surface area (Å²) in [5.74, 6) is 0.344. The van der Waals surface area contributed by atoms with Crippen molar-refractivity contribution in [3.05, 3.63) is 28.8 Å². The third-order valence-corrected chi connectivity index (χ3v) is 6.29. The standard InChI is InChI=1S/C19H35O4P/c1-9-22-24(21,23-10-2)13-14-11-15(18(3,4)5)17(20)16(12-14)19(6,7)8/h11-12,20-21,24H,9-10,13H2,1-8H3. The Bertz CT molecular complexity index is 514. The van der Waals surface area contributed by atoms with Crippen LogP contribution in [0.25, 0.3) is 0 Å². The van der Waals surface area contributed by atoms with Crippen LogP contribution in [0.15, 0.2) is 12.1 Å². The molecule has 0 heterocycles. The molecule has 0 aliphatic heterocycles. The molecule has 0 radical (unpaired) electrons. The number of benzene rings is 1. The molecule has 4 nitrogen and oxygen atoms in total. The van der Waals surface area contributed by atoms with Gasteiger partial charge in [0.1, 0.15) is 0 Å². The number of rotatable bonds is 6. The van der Waals surface area contributed by atoms with E-state index in [2.05, 4.69) is 41.5 Å². The summed E-state index contributed by atoms with van der Waals surface area (Å²) in [5.41, 5.74) is 2.32. The Morgan fingerprint density at radius 1 is 0.875 bits per heavy atom. The molecule has 1 aromatic carbocycles. The van der Waals surface area contributed by atoms with E-state index in [1.54, 1.807) is 0 Å². The first-order valence-corrected chi connectivity index (χ1v) is 10.7. The fraction of sp³-hybridized carbons (Fsp3) is 0.684. The van der Waals surface area contributed by atoms with Gasteiger partial charge in [-0.1, -0.05) is 0 Å². The predicted octanol–water partition coefficient (Wildman–Crippen LogP) is 5.05. The topological polar surface area (TPSA) is 58.9 Å². The van der Waals surface area contributed by atoms with Gasteiger partial charge in [-0.3, -0.25) is 0 Å². The van der Waals surface area contributed by atoms with Gasteiger partial charge in [0, 0.05) is 0 Å². The Balaban J connectivity index is 3.43. The molecule has 0 spiro atoms. The number of phenols is 1. The Hall–Kier alpha value is -0.670. The summed E-state index contributed by atoms with van der Waals surface area (Å²) in [7, 11) is -3.25. The van der Waals surface area contributed by atoms with Crippen molar-refractivity contribution in [2.24, 2.45) is 0 Å². The molecule has 0 fully saturated rings. The first-order chi connectivity index (χ1) is 10.8. The molecule has 0 amide bonds. The van der Waals surface area contributed by atoms with Crippen LogP contribution in [0, 0.1) is 0 Å². The fourth-order valence-corrected chi connectivity index (χ4v) is 4.70. The zero-order chi connectivity index (χ0) is 18.8. The molecule has 2 N–H and O–H groups in total. The predicted molar refractivity (Wildman–Crippen MR) is 103 cm³/mol. The first-order valence-electron chi connectivity index (χ1n) is 8.71. The third kappa shape index (κ3) is 5.42. The zero-order valence-corrected chi connectivity index (χ0v) is 17.5. The minimum atomic E-state index is -3.25. The number of aromatic hydroxyl groups is 1. The van der Waals surface area contributed by atoms with E-state index in [0.29, 0.717) is 25.1 Å². The van der Waals surface area contributed by atoms with Crippen molar-refractivity contribution < 1.29 is 19.0 Å². The fourth-order valence-electron chi connectivity index (χ4n) is 2.79. The van der Waals surface area contributed by atoms with Gasteiger partial charge >= 0.3 is 147 Å². The SMILES string of the molecule is CCO[PH](O)(Cc1cc(C(C)(C)C)c(O)c(C(C)(C)C)c1)OCC. The first kappa shape index (κ1) is 21.4. The van der Waals surface area contributed by atoms with Crippen molar-refractivity contribution in [2.75, 3.05) is 13.2 Å². The second-order valence-corrected chi connectivity index (χ2v) is 10.7. The van der Waals surface area contributed by atoms with E-state index >= 15 is 0 Å². The van der Waals surface area contributed by atoms with Gasteiger partial charge in [-0.15, -0.1) is 0 Å². The van der Waals surface area contributed by atoms with E-state index in [-0.39, 0.29) is 10.8 Å². The summed E-state index contributed by atoms with van der Waals surface area (Å²) in [6, 6.07) is 3.95. The van der Waals surface area contributed by atoms with Crippen LogP contribution in [0.4, 0.5) is 0 Å². The van der Waals surface area contributed by atoms with Crippen molar-refractivity contribution in [3.63, 3.8) is 0 Å².